The quantitative estimate of drug-likeness (QED) is 0.582. The van der Waals surface area contributed by atoms with Crippen molar-refractivity contribution in [2.45, 2.75) is 25.8 Å². The van der Waals surface area contributed by atoms with Crippen LogP contribution in [0.15, 0.2) is 12.3 Å². The highest BCUT2D eigenvalue weighted by Gasteiger charge is 2.30. The summed E-state index contributed by atoms with van der Waals surface area (Å²) >= 11 is 0. The third kappa shape index (κ3) is 3.36. The average molecular weight is 280 g/mol. The lowest BCUT2D eigenvalue weighted by atomic mass is 10.2. The average Bonchev–Trinajstić information content (AvgIpc) is 3.14. The minimum Gasteiger partial charge on any atom is -0.350 e. The monoisotopic (exact) mass is 280 g/mol. The van der Waals surface area contributed by atoms with Gasteiger partial charge in [0.15, 0.2) is 0 Å². The van der Waals surface area contributed by atoms with E-state index in [-0.39, 0.29) is 17.6 Å². The van der Waals surface area contributed by atoms with Crippen LogP contribution in [0.3, 0.4) is 0 Å². The number of nitro groups is 1. The first-order chi connectivity index (χ1) is 9.52. The largest absolute Gasteiger partial charge is 0.350 e. The van der Waals surface area contributed by atoms with Crippen LogP contribution in [-0.4, -0.2) is 35.5 Å². The Morgan fingerprint density at radius 3 is 2.80 bits per heavy atom. The smallest absolute Gasteiger partial charge is 0.287 e. The number of carbonyl (C=O) groups is 1. The number of amides is 1. The summed E-state index contributed by atoms with van der Waals surface area (Å²) in [6, 6.07) is 1.59. The summed E-state index contributed by atoms with van der Waals surface area (Å²) in [4.78, 5) is 22.5. The Hall–Kier alpha value is -1.89. The van der Waals surface area contributed by atoms with E-state index in [4.69, 9.17) is 0 Å². The zero-order valence-corrected chi connectivity index (χ0v) is 11.8. The normalized spacial score (nSPS) is 15.9. The highest BCUT2D eigenvalue weighted by molar-refractivity contribution is 5.93. The molecule has 1 aliphatic carbocycles. The summed E-state index contributed by atoms with van der Waals surface area (Å²) in [5.41, 5.74) is 0.362. The Morgan fingerprint density at radius 1 is 1.55 bits per heavy atom. The molecule has 1 amide bonds. The van der Waals surface area contributed by atoms with Gasteiger partial charge in [0, 0.05) is 18.7 Å². The summed E-state index contributed by atoms with van der Waals surface area (Å²) in [5.74, 6) is 0.0660. The zero-order valence-electron chi connectivity index (χ0n) is 11.8. The van der Waals surface area contributed by atoms with Gasteiger partial charge in [0.2, 0.25) is 0 Å². The van der Waals surface area contributed by atoms with Crippen molar-refractivity contribution in [2.24, 2.45) is 5.92 Å². The van der Waals surface area contributed by atoms with Gasteiger partial charge >= 0.3 is 0 Å². The molecule has 1 unspecified atom stereocenters. The van der Waals surface area contributed by atoms with E-state index in [1.807, 2.05) is 14.0 Å². The number of nitrogens with zero attached hydrogens (tertiary/aromatic N) is 2. The molecular weight excluding hydrogens is 260 g/mol. The molecule has 7 nitrogen and oxygen atoms in total. The molecule has 2 rings (SSSR count). The van der Waals surface area contributed by atoms with Crippen molar-refractivity contribution in [3.05, 3.63) is 28.1 Å². The van der Waals surface area contributed by atoms with Crippen molar-refractivity contribution in [1.82, 2.24) is 15.2 Å². The first-order valence-electron chi connectivity index (χ1n) is 6.82. The van der Waals surface area contributed by atoms with Crippen LogP contribution in [0.1, 0.15) is 36.3 Å². The van der Waals surface area contributed by atoms with Crippen LogP contribution in [0, 0.1) is 16.0 Å². The molecule has 2 N–H and O–H groups in total. The fraction of sp³-hybridized carbons (Fsp3) is 0.615. The number of hydrogen-bond donors (Lipinski definition) is 2. The molecule has 110 valence electrons. The second-order valence-electron chi connectivity index (χ2n) is 5.35. The maximum absolute atomic E-state index is 12.2. The van der Waals surface area contributed by atoms with Gasteiger partial charge in [-0.2, -0.15) is 0 Å². The molecule has 0 saturated heterocycles. The van der Waals surface area contributed by atoms with Crippen LogP contribution >= 0.6 is 0 Å². The summed E-state index contributed by atoms with van der Waals surface area (Å²) in [6.07, 6.45) is 3.41. The number of nitrogens with one attached hydrogen (secondary N) is 2. The first-order valence-corrected chi connectivity index (χ1v) is 6.82. The third-order valence-electron chi connectivity index (χ3n) is 3.38. The molecule has 1 aromatic rings. The Morgan fingerprint density at radius 2 is 2.25 bits per heavy atom. The van der Waals surface area contributed by atoms with Crippen molar-refractivity contribution in [3.8, 4) is 0 Å². The molecule has 0 bridgehead atoms. The van der Waals surface area contributed by atoms with E-state index in [1.54, 1.807) is 4.57 Å². The van der Waals surface area contributed by atoms with Crippen molar-refractivity contribution >= 4 is 11.6 Å². The Labute approximate surface area is 117 Å². The van der Waals surface area contributed by atoms with Gasteiger partial charge in [0.25, 0.3) is 11.6 Å². The third-order valence-corrected chi connectivity index (χ3v) is 3.38. The molecule has 1 heterocycles. The van der Waals surface area contributed by atoms with Crippen molar-refractivity contribution in [2.75, 3.05) is 20.1 Å². The van der Waals surface area contributed by atoms with Crippen molar-refractivity contribution < 1.29 is 9.72 Å². The van der Waals surface area contributed by atoms with Gasteiger partial charge in [0.05, 0.1) is 11.1 Å². The number of aromatic nitrogens is 1. The maximum atomic E-state index is 12.2. The lowest BCUT2D eigenvalue weighted by Gasteiger charge is -2.12. The van der Waals surface area contributed by atoms with E-state index in [1.165, 1.54) is 12.3 Å². The molecule has 20 heavy (non-hydrogen) atoms. The Kier molecular flexibility index (Phi) is 4.39. The van der Waals surface area contributed by atoms with Crippen LogP contribution in [-0.2, 0) is 0 Å². The number of rotatable bonds is 7. The first kappa shape index (κ1) is 14.5. The van der Waals surface area contributed by atoms with Crippen LogP contribution in [0.4, 0.5) is 5.69 Å². The maximum Gasteiger partial charge on any atom is 0.287 e. The van der Waals surface area contributed by atoms with E-state index in [0.717, 1.165) is 19.4 Å². The Balaban J connectivity index is 2.06. The van der Waals surface area contributed by atoms with Crippen LogP contribution in [0.25, 0.3) is 0 Å². The highest BCUT2D eigenvalue weighted by Crippen LogP contribution is 2.37. The summed E-state index contributed by atoms with van der Waals surface area (Å²) in [6.45, 7) is 3.38. The lowest BCUT2D eigenvalue weighted by molar-refractivity contribution is -0.384. The van der Waals surface area contributed by atoms with Gasteiger partial charge in [-0.15, -0.1) is 0 Å². The molecule has 1 fully saturated rings. The van der Waals surface area contributed by atoms with Crippen LogP contribution < -0.4 is 10.6 Å². The van der Waals surface area contributed by atoms with Crippen molar-refractivity contribution in [1.29, 1.82) is 0 Å². The van der Waals surface area contributed by atoms with Gasteiger partial charge < -0.3 is 15.2 Å². The molecule has 0 aromatic carbocycles. The van der Waals surface area contributed by atoms with E-state index in [0.29, 0.717) is 18.2 Å². The van der Waals surface area contributed by atoms with E-state index >= 15 is 0 Å². The van der Waals surface area contributed by atoms with Crippen LogP contribution in [0.5, 0.6) is 0 Å². The SMILES string of the molecule is CNCC(C)CNC(=O)c1cc([N+](=O)[O-])cn1C1CC1. The topological polar surface area (TPSA) is 89.2 Å². The molecule has 7 heteroatoms. The summed E-state index contributed by atoms with van der Waals surface area (Å²) in [5, 5.41) is 16.7. The van der Waals surface area contributed by atoms with E-state index < -0.39 is 4.92 Å². The zero-order chi connectivity index (χ0) is 14.7. The van der Waals surface area contributed by atoms with Gasteiger partial charge in [-0.1, -0.05) is 6.92 Å². The van der Waals surface area contributed by atoms with Gasteiger partial charge in [-0.25, -0.2) is 0 Å². The molecule has 1 saturated carbocycles. The van der Waals surface area contributed by atoms with Crippen LogP contribution in [0.2, 0.25) is 0 Å². The predicted octanol–water partition coefficient (Wildman–Crippen LogP) is 1.32. The van der Waals surface area contributed by atoms with Gasteiger partial charge in [-0.05, 0) is 32.4 Å². The molecular formula is C13H20N4O3. The Bertz CT molecular complexity index is 508. The minimum atomic E-state index is -0.459. The van der Waals surface area contributed by atoms with Crippen molar-refractivity contribution in [3.63, 3.8) is 0 Å². The van der Waals surface area contributed by atoms with E-state index in [2.05, 4.69) is 10.6 Å². The molecule has 1 aromatic heterocycles. The highest BCUT2D eigenvalue weighted by atomic mass is 16.6. The lowest BCUT2D eigenvalue weighted by Crippen LogP contribution is -2.33. The molecule has 1 atom stereocenters. The molecule has 0 radical (unpaired) electrons. The molecule has 0 aliphatic heterocycles. The summed E-state index contributed by atoms with van der Waals surface area (Å²) < 4.78 is 1.73. The molecule has 0 spiro atoms. The second-order valence-corrected chi connectivity index (χ2v) is 5.35. The van der Waals surface area contributed by atoms with E-state index in [9.17, 15) is 14.9 Å². The fourth-order valence-electron chi connectivity index (χ4n) is 2.18. The number of carbonyl (C=O) groups excluding carboxylic acids is 1. The summed E-state index contributed by atoms with van der Waals surface area (Å²) in [7, 11) is 1.86. The predicted molar refractivity (Wildman–Crippen MR) is 74.8 cm³/mol. The number of hydrogen-bond acceptors (Lipinski definition) is 4. The van der Waals surface area contributed by atoms with Gasteiger partial charge in [0.1, 0.15) is 5.69 Å². The minimum absolute atomic E-state index is 0.0228. The molecule has 1 aliphatic rings. The second kappa shape index (κ2) is 6.04. The standard InChI is InChI=1S/C13H20N4O3/c1-9(6-14-2)7-15-13(18)12-5-11(17(19)20)8-16(12)10-3-4-10/h5,8-10,14H,3-4,6-7H2,1-2H3,(H,15,18). The fourth-order valence-corrected chi connectivity index (χ4v) is 2.18. The van der Waals surface area contributed by atoms with Gasteiger partial charge in [-0.3, -0.25) is 14.9 Å².